The maximum Gasteiger partial charge on any atom is 0.416 e. The van der Waals surface area contributed by atoms with E-state index >= 15 is 0 Å². The van der Waals surface area contributed by atoms with Gasteiger partial charge in [-0.3, -0.25) is 9.59 Å². The van der Waals surface area contributed by atoms with E-state index in [2.05, 4.69) is 15.7 Å². The molecule has 0 aliphatic carbocycles. The molecule has 3 aromatic rings. The van der Waals surface area contributed by atoms with E-state index in [0.29, 0.717) is 11.4 Å². The Kier molecular flexibility index (Phi) is 7.44. The van der Waals surface area contributed by atoms with Crippen molar-refractivity contribution in [2.45, 2.75) is 51.7 Å². The molecule has 0 unspecified atom stereocenters. The summed E-state index contributed by atoms with van der Waals surface area (Å²) in [6.07, 6.45) is -4.63. The first kappa shape index (κ1) is 25.0. The topological polar surface area (TPSA) is 76.0 Å². The van der Waals surface area contributed by atoms with E-state index in [9.17, 15) is 22.8 Å². The number of alkyl halides is 3. The van der Waals surface area contributed by atoms with Gasteiger partial charge in [-0.05, 0) is 29.8 Å². The SMILES string of the molecule is CC(C)(C)c1cc(NC(=O)CCC(=O)NCc2cccc(C(F)(F)F)c2)n(-c2ccccc2)n1. The van der Waals surface area contributed by atoms with Crippen LogP contribution < -0.4 is 10.6 Å². The van der Waals surface area contributed by atoms with Crippen molar-refractivity contribution in [2.24, 2.45) is 0 Å². The molecule has 2 N–H and O–H groups in total. The summed E-state index contributed by atoms with van der Waals surface area (Å²) in [6.45, 7) is 6.00. The van der Waals surface area contributed by atoms with Gasteiger partial charge >= 0.3 is 6.18 Å². The van der Waals surface area contributed by atoms with Crippen molar-refractivity contribution in [3.05, 3.63) is 77.5 Å². The average Bonchev–Trinajstić information content (AvgIpc) is 3.21. The normalized spacial score (nSPS) is 11.8. The van der Waals surface area contributed by atoms with Crippen LogP contribution in [0.2, 0.25) is 0 Å². The number of benzene rings is 2. The zero-order valence-corrected chi connectivity index (χ0v) is 19.2. The molecule has 0 atom stereocenters. The molecule has 0 saturated carbocycles. The van der Waals surface area contributed by atoms with Gasteiger partial charge in [-0.2, -0.15) is 18.3 Å². The number of anilines is 1. The molecule has 6 nitrogen and oxygen atoms in total. The van der Waals surface area contributed by atoms with Crippen LogP contribution in [0.15, 0.2) is 60.7 Å². The van der Waals surface area contributed by atoms with Gasteiger partial charge in [0.05, 0.1) is 16.9 Å². The number of hydrogen-bond donors (Lipinski definition) is 2. The van der Waals surface area contributed by atoms with E-state index in [-0.39, 0.29) is 30.7 Å². The van der Waals surface area contributed by atoms with Crippen molar-refractivity contribution in [3.8, 4) is 5.69 Å². The molecule has 2 amide bonds. The summed E-state index contributed by atoms with van der Waals surface area (Å²) in [4.78, 5) is 24.7. The molecule has 180 valence electrons. The molecule has 0 saturated heterocycles. The second-order valence-electron chi connectivity index (χ2n) is 8.94. The van der Waals surface area contributed by atoms with Crippen LogP contribution in [0.4, 0.5) is 19.0 Å². The first-order valence-electron chi connectivity index (χ1n) is 10.8. The maximum atomic E-state index is 12.8. The molecule has 0 bridgehead atoms. The summed E-state index contributed by atoms with van der Waals surface area (Å²) in [6, 6.07) is 15.9. The lowest BCUT2D eigenvalue weighted by atomic mass is 9.92. The molecule has 3 rings (SSSR count). The van der Waals surface area contributed by atoms with E-state index in [1.807, 2.05) is 51.1 Å². The number of amides is 2. The zero-order chi connectivity index (χ0) is 24.9. The van der Waals surface area contributed by atoms with Gasteiger partial charge < -0.3 is 10.6 Å². The fourth-order valence-corrected chi connectivity index (χ4v) is 3.18. The van der Waals surface area contributed by atoms with Gasteiger partial charge in [0, 0.05) is 30.9 Å². The van der Waals surface area contributed by atoms with Gasteiger partial charge in [0.2, 0.25) is 11.8 Å². The molecule has 2 aromatic carbocycles. The monoisotopic (exact) mass is 472 g/mol. The Hall–Kier alpha value is -3.62. The summed E-state index contributed by atoms with van der Waals surface area (Å²) in [5.41, 5.74) is 0.901. The number of halogens is 3. The predicted octanol–water partition coefficient (Wildman–Crippen LogP) is 5.22. The number of nitrogens with one attached hydrogen (secondary N) is 2. The molecule has 0 aliphatic rings. The highest BCUT2D eigenvalue weighted by Gasteiger charge is 2.30. The highest BCUT2D eigenvalue weighted by Crippen LogP contribution is 2.29. The molecular weight excluding hydrogens is 445 g/mol. The molecule has 1 aromatic heterocycles. The summed E-state index contributed by atoms with van der Waals surface area (Å²) in [5, 5.41) is 10.00. The third-order valence-corrected chi connectivity index (χ3v) is 5.07. The molecule has 0 radical (unpaired) electrons. The van der Waals surface area contributed by atoms with E-state index in [0.717, 1.165) is 23.5 Å². The Morgan fingerprint density at radius 1 is 0.912 bits per heavy atom. The predicted molar refractivity (Wildman–Crippen MR) is 123 cm³/mol. The fraction of sp³-hybridized carbons (Fsp3) is 0.320. The van der Waals surface area contributed by atoms with Gasteiger partial charge in [0.1, 0.15) is 5.82 Å². The largest absolute Gasteiger partial charge is 0.416 e. The fourth-order valence-electron chi connectivity index (χ4n) is 3.18. The standard InChI is InChI=1S/C25H27F3N4O2/c1-24(2,3)20-15-21(32(31-20)19-10-5-4-6-11-19)30-23(34)13-12-22(33)29-16-17-8-7-9-18(14-17)25(26,27)28/h4-11,14-15H,12-13,16H2,1-3H3,(H,29,33)(H,30,34). The molecule has 0 aliphatic heterocycles. The van der Waals surface area contributed by atoms with Crippen LogP contribution in [0.1, 0.15) is 50.4 Å². The second-order valence-corrected chi connectivity index (χ2v) is 8.94. The van der Waals surface area contributed by atoms with Gasteiger partial charge in [0.25, 0.3) is 0 Å². The van der Waals surface area contributed by atoms with Crippen molar-refractivity contribution in [1.82, 2.24) is 15.1 Å². The van der Waals surface area contributed by atoms with Gasteiger partial charge in [-0.1, -0.05) is 51.1 Å². The molecule has 9 heteroatoms. The second kappa shape index (κ2) is 10.1. The minimum absolute atomic E-state index is 0.0555. The molecule has 1 heterocycles. The summed E-state index contributed by atoms with van der Waals surface area (Å²) in [7, 11) is 0. The number of nitrogens with zero attached hydrogens (tertiary/aromatic N) is 2. The molecule has 0 spiro atoms. The van der Waals surface area contributed by atoms with E-state index < -0.39 is 17.6 Å². The Morgan fingerprint density at radius 3 is 2.24 bits per heavy atom. The third kappa shape index (κ3) is 6.69. The van der Waals surface area contributed by atoms with Crippen LogP contribution in [0.3, 0.4) is 0 Å². The number of carbonyl (C=O) groups excluding carboxylic acids is 2. The van der Waals surface area contributed by atoms with Crippen LogP contribution in [0.5, 0.6) is 0 Å². The van der Waals surface area contributed by atoms with Crippen LogP contribution in [0.25, 0.3) is 5.69 Å². The molecule has 34 heavy (non-hydrogen) atoms. The maximum absolute atomic E-state index is 12.8. The minimum atomic E-state index is -4.45. The van der Waals surface area contributed by atoms with Crippen molar-refractivity contribution < 1.29 is 22.8 Å². The number of para-hydroxylation sites is 1. The quantitative estimate of drug-likeness (QED) is 0.495. The molecular formula is C25H27F3N4O2. The zero-order valence-electron chi connectivity index (χ0n) is 19.2. The number of aromatic nitrogens is 2. The third-order valence-electron chi connectivity index (χ3n) is 5.07. The van der Waals surface area contributed by atoms with Crippen LogP contribution in [0, 0.1) is 0 Å². The van der Waals surface area contributed by atoms with Gasteiger partial charge in [0.15, 0.2) is 0 Å². The van der Waals surface area contributed by atoms with E-state index in [1.54, 1.807) is 10.7 Å². The van der Waals surface area contributed by atoms with Crippen LogP contribution in [-0.2, 0) is 27.7 Å². The summed E-state index contributed by atoms with van der Waals surface area (Å²) < 4.78 is 40.1. The minimum Gasteiger partial charge on any atom is -0.352 e. The Morgan fingerprint density at radius 2 is 1.59 bits per heavy atom. The van der Waals surface area contributed by atoms with Crippen molar-refractivity contribution in [1.29, 1.82) is 0 Å². The summed E-state index contributed by atoms with van der Waals surface area (Å²) >= 11 is 0. The van der Waals surface area contributed by atoms with Crippen molar-refractivity contribution in [3.63, 3.8) is 0 Å². The van der Waals surface area contributed by atoms with Gasteiger partial charge in [-0.25, -0.2) is 4.68 Å². The smallest absolute Gasteiger partial charge is 0.352 e. The first-order valence-corrected chi connectivity index (χ1v) is 10.8. The lowest BCUT2D eigenvalue weighted by Crippen LogP contribution is -2.25. The Labute approximate surface area is 196 Å². The van der Waals surface area contributed by atoms with E-state index in [1.165, 1.54) is 12.1 Å². The highest BCUT2D eigenvalue weighted by molar-refractivity contribution is 5.92. The number of hydrogen-bond acceptors (Lipinski definition) is 3. The van der Waals surface area contributed by atoms with Gasteiger partial charge in [-0.15, -0.1) is 0 Å². The highest BCUT2D eigenvalue weighted by atomic mass is 19.4. The van der Waals surface area contributed by atoms with Crippen molar-refractivity contribution >= 4 is 17.6 Å². The van der Waals surface area contributed by atoms with Crippen LogP contribution in [-0.4, -0.2) is 21.6 Å². The number of carbonyl (C=O) groups is 2. The summed E-state index contributed by atoms with van der Waals surface area (Å²) in [5.74, 6) is -0.309. The van der Waals surface area contributed by atoms with Crippen molar-refractivity contribution in [2.75, 3.05) is 5.32 Å². The molecule has 0 fully saturated rings. The average molecular weight is 473 g/mol. The lowest BCUT2D eigenvalue weighted by molar-refractivity contribution is -0.137. The first-order chi connectivity index (χ1) is 15.9. The lowest BCUT2D eigenvalue weighted by Gasteiger charge is -2.14. The Balaban J connectivity index is 1.59. The number of rotatable bonds is 7. The van der Waals surface area contributed by atoms with Crippen LogP contribution >= 0.6 is 0 Å². The Bertz CT molecular complexity index is 1150. The van der Waals surface area contributed by atoms with E-state index in [4.69, 9.17) is 0 Å².